The topological polar surface area (TPSA) is 63.1 Å². The summed E-state index contributed by atoms with van der Waals surface area (Å²) in [4.78, 5) is 21.7. The second-order valence-electron chi connectivity index (χ2n) is 18.2. The van der Waals surface area contributed by atoms with Gasteiger partial charge in [0.1, 0.15) is 5.76 Å². The fraction of sp³-hybridized carbons (Fsp3) is 0.490. The Morgan fingerprint density at radius 3 is 1.96 bits per heavy atom. The smallest absolute Gasteiger partial charge is 0.394 e. The summed E-state index contributed by atoms with van der Waals surface area (Å²) in [5, 5.41) is 12.4. The Morgan fingerprint density at radius 2 is 1.44 bits per heavy atom. The molecule has 1 radical (unpaired) electrons. The Morgan fingerprint density at radius 1 is 0.842 bits per heavy atom. The predicted molar refractivity (Wildman–Crippen MR) is 226 cm³/mol. The van der Waals surface area contributed by atoms with Crippen molar-refractivity contribution in [1.29, 1.82) is 0 Å². The van der Waals surface area contributed by atoms with Crippen LogP contribution >= 0.6 is 0 Å². The van der Waals surface area contributed by atoms with Gasteiger partial charge in [0.15, 0.2) is 5.78 Å². The molecule has 0 amide bonds. The predicted octanol–water partition coefficient (Wildman–Crippen LogP) is 14.0. The number of halogens is 3. The molecular weight excluding hydrogens is 898 g/mol. The molecule has 0 bridgehead atoms. The van der Waals surface area contributed by atoms with Crippen LogP contribution in [0.15, 0.2) is 72.8 Å². The molecule has 0 saturated heterocycles. The van der Waals surface area contributed by atoms with Crippen LogP contribution in [0.25, 0.3) is 33.7 Å². The van der Waals surface area contributed by atoms with Crippen LogP contribution in [0, 0.1) is 22.3 Å². The first-order valence-electron chi connectivity index (χ1n) is 20.0. The van der Waals surface area contributed by atoms with E-state index in [0.29, 0.717) is 5.56 Å². The molecule has 4 aromatic rings. The van der Waals surface area contributed by atoms with E-state index < -0.39 is 17.0 Å². The second kappa shape index (κ2) is 17.7. The number of hydrogen-bond acceptors (Lipinski definition) is 4. The summed E-state index contributed by atoms with van der Waals surface area (Å²) in [7, 11) is 0. The molecule has 8 heteroatoms. The normalized spacial score (nSPS) is 14.7. The molecule has 2 aromatic carbocycles. The molecule has 2 heterocycles. The Kier molecular flexibility index (Phi) is 14.8. The minimum Gasteiger partial charge on any atom is -0.512 e. The van der Waals surface area contributed by atoms with Gasteiger partial charge in [-0.1, -0.05) is 125 Å². The average Bonchev–Trinajstić information content (AvgIpc) is 3.43. The van der Waals surface area contributed by atoms with E-state index in [4.69, 9.17) is 4.98 Å². The van der Waals surface area contributed by atoms with Gasteiger partial charge in [0.2, 0.25) is 0 Å². The van der Waals surface area contributed by atoms with Gasteiger partial charge in [-0.25, -0.2) is 0 Å². The summed E-state index contributed by atoms with van der Waals surface area (Å²) < 4.78 is 40.2. The van der Waals surface area contributed by atoms with Gasteiger partial charge >= 0.3 is 6.18 Å². The van der Waals surface area contributed by atoms with Crippen molar-refractivity contribution in [3.05, 3.63) is 107 Å². The SMILES string of the molecule is CC(C)(C)c1cc(-c2nccc3c2C(C)(C)C(c2ccc(CC(C)(C)C(F)(F)F)cn2)=C3)[c-]c2ccccc12.CCC(C)(CC)C(=O)/C=C(\O)C(C)(CC)CC.[Ir]. The van der Waals surface area contributed by atoms with Crippen molar-refractivity contribution in [2.24, 2.45) is 16.2 Å². The van der Waals surface area contributed by atoms with E-state index in [1.165, 1.54) is 30.9 Å². The van der Waals surface area contributed by atoms with Gasteiger partial charge in [-0.2, -0.15) is 13.2 Å². The summed E-state index contributed by atoms with van der Waals surface area (Å²) in [6.07, 6.45) is 5.90. The van der Waals surface area contributed by atoms with Gasteiger partial charge < -0.3 is 5.11 Å². The van der Waals surface area contributed by atoms with E-state index in [9.17, 15) is 23.1 Å². The Bertz CT molecular complexity index is 2100. The van der Waals surface area contributed by atoms with Crippen molar-refractivity contribution in [2.75, 3.05) is 0 Å². The van der Waals surface area contributed by atoms with E-state index in [-0.39, 0.29) is 54.3 Å². The molecular formula is C49H62F3IrN2O2-. The van der Waals surface area contributed by atoms with Crippen molar-refractivity contribution >= 4 is 28.2 Å². The Hall–Kier alpha value is -3.61. The quantitative estimate of drug-likeness (QED) is 0.0924. The summed E-state index contributed by atoms with van der Waals surface area (Å²) in [5.74, 6) is 0.286. The van der Waals surface area contributed by atoms with E-state index in [0.717, 1.165) is 64.7 Å². The number of allylic oxidation sites excluding steroid dienone is 3. The van der Waals surface area contributed by atoms with Crippen LogP contribution in [0.4, 0.5) is 13.2 Å². The molecule has 0 spiro atoms. The molecule has 1 N–H and O–H groups in total. The number of benzene rings is 2. The zero-order chi connectivity index (χ0) is 42.1. The Labute approximate surface area is 353 Å². The summed E-state index contributed by atoms with van der Waals surface area (Å²) >= 11 is 0. The molecule has 0 unspecified atom stereocenters. The van der Waals surface area contributed by atoms with Gasteiger partial charge in [0.05, 0.1) is 11.1 Å². The van der Waals surface area contributed by atoms with E-state index in [2.05, 4.69) is 76.0 Å². The monoisotopic (exact) mass is 960 g/mol. The van der Waals surface area contributed by atoms with Crippen LogP contribution < -0.4 is 0 Å². The van der Waals surface area contributed by atoms with Crippen molar-refractivity contribution in [1.82, 2.24) is 9.97 Å². The zero-order valence-corrected chi connectivity index (χ0v) is 38.6. The third-order valence-electron chi connectivity index (χ3n) is 12.5. The van der Waals surface area contributed by atoms with Gasteiger partial charge in [-0.3, -0.25) is 14.8 Å². The van der Waals surface area contributed by atoms with Crippen LogP contribution in [0.1, 0.15) is 144 Å². The number of aliphatic hydroxyl groups is 1. The number of pyridine rings is 2. The van der Waals surface area contributed by atoms with E-state index >= 15 is 0 Å². The number of hydrogen-bond donors (Lipinski definition) is 1. The number of rotatable bonds is 11. The number of carbonyl (C=O) groups excluding carboxylic acids is 1. The first kappa shape index (κ1) is 47.8. The summed E-state index contributed by atoms with van der Waals surface area (Å²) in [6.45, 7) is 25.5. The summed E-state index contributed by atoms with van der Waals surface area (Å²) in [5.41, 5.74) is 4.71. The standard InChI is InChI=1S/C34H34F3N2.C15H28O2.Ir/c1-31(2,3)26-18-24(16-22-10-8-9-11-25(22)26)30-29-23(14-15-38-30)17-27(33(29,6)7)28-13-12-21(20-39-28)19-32(4,5)34(35,36)37;1-7-14(5,8-2)12(16)11-13(17)15(6,9-3)10-4;/h8-15,17-18,20H,19H2,1-7H3;11,16H,7-10H2,1-6H3;/q-1;;/b;12-11-;. The van der Waals surface area contributed by atoms with Crippen LogP contribution in [-0.4, -0.2) is 27.0 Å². The van der Waals surface area contributed by atoms with Gasteiger partial charge in [0, 0.05) is 60.5 Å². The minimum absolute atomic E-state index is 0. The van der Waals surface area contributed by atoms with Crippen LogP contribution in [0.3, 0.4) is 0 Å². The number of aliphatic hydroxyl groups excluding tert-OH is 1. The fourth-order valence-corrected chi connectivity index (χ4v) is 7.28. The van der Waals surface area contributed by atoms with Crippen molar-refractivity contribution in [2.45, 2.75) is 139 Å². The molecule has 0 saturated carbocycles. The molecule has 0 aliphatic heterocycles. The molecule has 5 rings (SSSR count). The van der Waals surface area contributed by atoms with E-state index in [1.54, 1.807) is 12.3 Å². The molecule has 0 fully saturated rings. The molecule has 57 heavy (non-hydrogen) atoms. The number of carbonyl (C=O) groups is 1. The van der Waals surface area contributed by atoms with Crippen LogP contribution in [0.2, 0.25) is 0 Å². The molecule has 4 nitrogen and oxygen atoms in total. The molecule has 1 aliphatic carbocycles. The number of ketones is 1. The Balaban J connectivity index is 0.000000411. The van der Waals surface area contributed by atoms with Gasteiger partial charge in [-0.05, 0) is 78.0 Å². The minimum atomic E-state index is -4.28. The second-order valence-corrected chi connectivity index (χ2v) is 18.2. The maximum atomic E-state index is 13.4. The van der Waals surface area contributed by atoms with Crippen molar-refractivity contribution < 1.29 is 43.2 Å². The number of aromatic nitrogens is 2. The molecule has 2 aromatic heterocycles. The average molecular weight is 960 g/mol. The number of alkyl halides is 3. The maximum Gasteiger partial charge on any atom is 0.394 e. The van der Waals surface area contributed by atoms with Crippen LogP contribution in [0.5, 0.6) is 0 Å². The van der Waals surface area contributed by atoms with Gasteiger partial charge in [0.25, 0.3) is 0 Å². The number of nitrogens with zero attached hydrogens (tertiary/aromatic N) is 2. The molecule has 1 aliphatic rings. The van der Waals surface area contributed by atoms with Crippen molar-refractivity contribution in [3.63, 3.8) is 0 Å². The van der Waals surface area contributed by atoms with Crippen LogP contribution in [-0.2, 0) is 42.2 Å². The molecule has 0 atom stereocenters. The van der Waals surface area contributed by atoms with Gasteiger partial charge in [-0.15, -0.1) is 29.1 Å². The third-order valence-corrected chi connectivity index (χ3v) is 12.5. The van der Waals surface area contributed by atoms with E-state index in [1.807, 2.05) is 65.9 Å². The molecule has 311 valence electrons. The number of fused-ring (bicyclic) bond motifs is 2. The maximum absolute atomic E-state index is 13.4. The first-order valence-corrected chi connectivity index (χ1v) is 20.0. The zero-order valence-electron chi connectivity index (χ0n) is 36.2. The fourth-order valence-electron chi connectivity index (χ4n) is 7.28. The van der Waals surface area contributed by atoms with Crippen molar-refractivity contribution in [3.8, 4) is 11.3 Å². The first-order chi connectivity index (χ1) is 25.9. The third kappa shape index (κ3) is 9.99. The largest absolute Gasteiger partial charge is 0.512 e. The summed E-state index contributed by atoms with van der Waals surface area (Å²) in [6, 6.07) is 19.8.